The van der Waals surface area contributed by atoms with Gasteiger partial charge in [-0.2, -0.15) is 0 Å². The zero-order valence-electron chi connectivity index (χ0n) is 12.0. The summed E-state index contributed by atoms with van der Waals surface area (Å²) in [4.78, 5) is 11.8. The van der Waals surface area contributed by atoms with Gasteiger partial charge < -0.3 is 0 Å². The molecule has 0 radical (unpaired) electrons. The Morgan fingerprint density at radius 1 is 1.00 bits per heavy atom. The van der Waals surface area contributed by atoms with E-state index in [1.165, 1.54) is 62.5 Å². The van der Waals surface area contributed by atoms with E-state index < -0.39 is 0 Å². The molecule has 2 aliphatic carbocycles. The van der Waals surface area contributed by atoms with Crippen LogP contribution in [-0.2, 0) is 4.79 Å². The molecule has 0 saturated heterocycles. The second-order valence-corrected chi connectivity index (χ2v) is 6.29. The molecule has 2 rings (SSSR count). The largest absolute Gasteiger partial charge is 0.295 e. The molecule has 0 aliphatic heterocycles. The van der Waals surface area contributed by atoms with Crippen molar-refractivity contribution in [1.29, 1.82) is 0 Å². The van der Waals surface area contributed by atoms with Crippen LogP contribution in [0.5, 0.6) is 0 Å². The third-order valence-corrected chi connectivity index (χ3v) is 4.82. The Labute approximate surface area is 112 Å². The Morgan fingerprint density at radius 3 is 2.50 bits per heavy atom. The van der Waals surface area contributed by atoms with Crippen molar-refractivity contribution >= 4 is 5.78 Å². The van der Waals surface area contributed by atoms with Gasteiger partial charge in [-0.25, -0.2) is 0 Å². The molecule has 1 nitrogen and oxygen atoms in total. The first-order valence-corrected chi connectivity index (χ1v) is 7.99. The predicted molar refractivity (Wildman–Crippen MR) is 76.6 cm³/mol. The van der Waals surface area contributed by atoms with Gasteiger partial charge in [0, 0.05) is 6.42 Å². The van der Waals surface area contributed by atoms with Crippen LogP contribution in [0.4, 0.5) is 0 Å². The molecule has 102 valence electrons. The van der Waals surface area contributed by atoms with Crippen LogP contribution in [0.2, 0.25) is 0 Å². The number of rotatable bonds is 5. The lowest BCUT2D eigenvalue weighted by molar-refractivity contribution is -0.116. The van der Waals surface area contributed by atoms with Gasteiger partial charge in [0.1, 0.15) is 0 Å². The minimum absolute atomic E-state index is 0.441. The monoisotopic (exact) mass is 248 g/mol. The van der Waals surface area contributed by atoms with Gasteiger partial charge in [0.2, 0.25) is 0 Å². The van der Waals surface area contributed by atoms with Gasteiger partial charge in [0.15, 0.2) is 5.78 Å². The number of Topliss-reactive ketones (excluding diaryl/α,β-unsaturated/α-hetero) is 1. The van der Waals surface area contributed by atoms with Crippen molar-refractivity contribution in [3.63, 3.8) is 0 Å². The smallest absolute Gasteiger partial charge is 0.158 e. The lowest BCUT2D eigenvalue weighted by atomic mass is 9.84. The van der Waals surface area contributed by atoms with Crippen LogP contribution in [0.1, 0.15) is 84.0 Å². The summed E-state index contributed by atoms with van der Waals surface area (Å²) in [6, 6.07) is 0. The molecular weight excluding hydrogens is 220 g/mol. The molecule has 0 heterocycles. The number of unbranched alkanes of at least 4 members (excludes halogenated alkanes) is 1. The normalized spacial score (nSPS) is 22.6. The summed E-state index contributed by atoms with van der Waals surface area (Å²) in [5.74, 6) is 1.44. The first-order chi connectivity index (χ1) is 8.77. The van der Waals surface area contributed by atoms with E-state index in [1.54, 1.807) is 0 Å². The summed E-state index contributed by atoms with van der Waals surface area (Å²) in [6.07, 6.45) is 15.3. The second-order valence-electron chi connectivity index (χ2n) is 6.29. The minimum atomic E-state index is 0.441. The molecule has 0 aromatic heterocycles. The van der Waals surface area contributed by atoms with Crippen molar-refractivity contribution in [2.45, 2.75) is 84.0 Å². The Kier molecular flexibility index (Phi) is 5.46. The van der Waals surface area contributed by atoms with Crippen molar-refractivity contribution in [1.82, 2.24) is 0 Å². The Balaban J connectivity index is 1.66. The van der Waals surface area contributed by atoms with Crippen molar-refractivity contribution < 1.29 is 4.79 Å². The zero-order chi connectivity index (χ0) is 12.8. The topological polar surface area (TPSA) is 17.1 Å². The van der Waals surface area contributed by atoms with E-state index in [0.717, 1.165) is 31.6 Å². The molecule has 1 heteroatoms. The minimum Gasteiger partial charge on any atom is -0.295 e. The van der Waals surface area contributed by atoms with Crippen LogP contribution < -0.4 is 0 Å². The Hall–Kier alpha value is -0.590. The fraction of sp³-hybridized carbons (Fsp3) is 0.824. The molecule has 0 bridgehead atoms. The standard InChI is InChI=1S/C17H28O/c1-14-8-7-13-17(18)16(14)12-6-5-11-15-9-3-2-4-10-15/h15H,2-13H2,1H3. The maximum absolute atomic E-state index is 11.8. The molecule has 2 aliphatic rings. The van der Waals surface area contributed by atoms with E-state index in [1.807, 2.05) is 0 Å². The average molecular weight is 248 g/mol. The zero-order valence-corrected chi connectivity index (χ0v) is 12.0. The third kappa shape index (κ3) is 3.96. The van der Waals surface area contributed by atoms with E-state index in [0.29, 0.717) is 5.78 Å². The molecule has 0 amide bonds. The SMILES string of the molecule is CC1=C(CCCCC2CCCCC2)C(=O)CCC1. The van der Waals surface area contributed by atoms with Crippen LogP contribution in [0.15, 0.2) is 11.1 Å². The van der Waals surface area contributed by atoms with Gasteiger partial charge in [-0.1, -0.05) is 50.5 Å². The molecule has 0 spiro atoms. The molecule has 18 heavy (non-hydrogen) atoms. The number of ketones is 1. The highest BCUT2D eigenvalue weighted by molar-refractivity contribution is 5.96. The van der Waals surface area contributed by atoms with Gasteiger partial charge in [-0.3, -0.25) is 4.79 Å². The van der Waals surface area contributed by atoms with Crippen molar-refractivity contribution in [2.24, 2.45) is 5.92 Å². The molecule has 1 fully saturated rings. The maximum Gasteiger partial charge on any atom is 0.158 e. The first kappa shape index (κ1) is 13.8. The number of allylic oxidation sites excluding steroid dienone is 2. The molecule has 0 unspecified atom stereocenters. The van der Waals surface area contributed by atoms with Gasteiger partial charge >= 0.3 is 0 Å². The van der Waals surface area contributed by atoms with Crippen LogP contribution in [0, 0.1) is 5.92 Å². The van der Waals surface area contributed by atoms with Gasteiger partial charge in [-0.15, -0.1) is 0 Å². The van der Waals surface area contributed by atoms with E-state index in [9.17, 15) is 4.79 Å². The third-order valence-electron chi connectivity index (χ3n) is 4.82. The summed E-state index contributed by atoms with van der Waals surface area (Å²) in [5, 5.41) is 0. The lowest BCUT2D eigenvalue weighted by Gasteiger charge is -2.21. The van der Waals surface area contributed by atoms with Crippen molar-refractivity contribution in [3.05, 3.63) is 11.1 Å². The number of carbonyl (C=O) groups is 1. The summed E-state index contributed by atoms with van der Waals surface area (Å²) >= 11 is 0. The second kappa shape index (κ2) is 7.11. The quantitative estimate of drug-likeness (QED) is 0.611. The van der Waals surface area contributed by atoms with E-state index in [2.05, 4.69) is 6.92 Å². The average Bonchev–Trinajstić information content (AvgIpc) is 2.38. The van der Waals surface area contributed by atoms with E-state index in [4.69, 9.17) is 0 Å². The highest BCUT2D eigenvalue weighted by Gasteiger charge is 2.18. The Morgan fingerprint density at radius 2 is 1.78 bits per heavy atom. The first-order valence-electron chi connectivity index (χ1n) is 7.99. The summed E-state index contributed by atoms with van der Waals surface area (Å²) in [6.45, 7) is 2.16. The molecule has 0 aromatic carbocycles. The highest BCUT2D eigenvalue weighted by atomic mass is 16.1. The fourth-order valence-corrected chi connectivity index (χ4v) is 3.62. The maximum atomic E-state index is 11.8. The van der Waals surface area contributed by atoms with Crippen LogP contribution in [-0.4, -0.2) is 5.78 Å². The summed E-state index contributed by atoms with van der Waals surface area (Å²) < 4.78 is 0. The van der Waals surface area contributed by atoms with Crippen LogP contribution >= 0.6 is 0 Å². The van der Waals surface area contributed by atoms with Crippen LogP contribution in [0.3, 0.4) is 0 Å². The van der Waals surface area contributed by atoms with Gasteiger partial charge in [-0.05, 0) is 44.1 Å². The molecule has 0 aromatic rings. The molecule has 0 N–H and O–H groups in total. The van der Waals surface area contributed by atoms with Crippen molar-refractivity contribution in [3.8, 4) is 0 Å². The number of hydrogen-bond donors (Lipinski definition) is 0. The van der Waals surface area contributed by atoms with E-state index in [-0.39, 0.29) is 0 Å². The number of carbonyl (C=O) groups excluding carboxylic acids is 1. The summed E-state index contributed by atoms with van der Waals surface area (Å²) in [7, 11) is 0. The van der Waals surface area contributed by atoms with E-state index >= 15 is 0 Å². The van der Waals surface area contributed by atoms with Crippen LogP contribution in [0.25, 0.3) is 0 Å². The lowest BCUT2D eigenvalue weighted by Crippen LogP contribution is -2.11. The van der Waals surface area contributed by atoms with Crippen molar-refractivity contribution in [2.75, 3.05) is 0 Å². The summed E-state index contributed by atoms with van der Waals surface area (Å²) in [5.41, 5.74) is 2.56. The predicted octanol–water partition coefficient (Wildman–Crippen LogP) is 5.20. The molecule has 1 saturated carbocycles. The van der Waals surface area contributed by atoms with Gasteiger partial charge in [0.05, 0.1) is 0 Å². The van der Waals surface area contributed by atoms with Gasteiger partial charge in [0.25, 0.3) is 0 Å². The Bertz CT molecular complexity index is 308. The molecular formula is C17H28O. The highest BCUT2D eigenvalue weighted by Crippen LogP contribution is 2.29. The molecule has 0 atom stereocenters. The number of hydrogen-bond acceptors (Lipinski definition) is 1. The fourth-order valence-electron chi connectivity index (χ4n) is 3.62.